The number of anilines is 1. The summed E-state index contributed by atoms with van der Waals surface area (Å²) in [6.45, 7) is 3.66. The van der Waals surface area contributed by atoms with Crippen molar-refractivity contribution in [3.63, 3.8) is 0 Å². The quantitative estimate of drug-likeness (QED) is 0.487. The molecule has 29 heavy (non-hydrogen) atoms. The van der Waals surface area contributed by atoms with Gasteiger partial charge in [0, 0.05) is 23.7 Å². The third-order valence-electron chi connectivity index (χ3n) is 4.78. The Morgan fingerprint density at radius 3 is 2.69 bits per heavy atom. The highest BCUT2D eigenvalue weighted by atomic mass is 16.5. The zero-order chi connectivity index (χ0) is 21.1. The van der Waals surface area contributed by atoms with Gasteiger partial charge in [-0.15, -0.1) is 0 Å². The van der Waals surface area contributed by atoms with E-state index in [1.165, 1.54) is 0 Å². The zero-order valence-corrected chi connectivity index (χ0v) is 16.4. The summed E-state index contributed by atoms with van der Waals surface area (Å²) in [6, 6.07) is 5.25. The lowest BCUT2D eigenvalue weighted by atomic mass is 10.0. The fourth-order valence-electron chi connectivity index (χ4n) is 3.33. The minimum absolute atomic E-state index is 0.100. The first kappa shape index (κ1) is 20.2. The second-order valence-electron chi connectivity index (χ2n) is 6.56. The zero-order valence-electron chi connectivity index (χ0n) is 16.4. The number of ether oxygens (including phenoxy) is 2. The monoisotopic (exact) mass is 398 g/mol. The van der Waals surface area contributed by atoms with E-state index in [4.69, 9.17) is 14.6 Å². The van der Waals surface area contributed by atoms with Gasteiger partial charge in [0.1, 0.15) is 11.4 Å². The van der Waals surface area contributed by atoms with Gasteiger partial charge in [0.2, 0.25) is 0 Å². The number of esters is 1. The molecule has 0 spiro atoms. The number of hydrogen-bond acceptors (Lipinski definition) is 5. The van der Waals surface area contributed by atoms with Crippen molar-refractivity contribution in [3.8, 4) is 5.75 Å². The predicted octanol–water partition coefficient (Wildman–Crippen LogP) is 3.02. The first-order chi connectivity index (χ1) is 13.8. The Balaban J connectivity index is 2.08. The number of hydrogen-bond donors (Lipinski definition) is 3. The van der Waals surface area contributed by atoms with Crippen molar-refractivity contribution >= 4 is 35.2 Å². The number of fused-ring (bicyclic) bond motifs is 1. The van der Waals surface area contributed by atoms with Crippen molar-refractivity contribution < 1.29 is 29.0 Å². The van der Waals surface area contributed by atoms with E-state index in [0.717, 1.165) is 0 Å². The topological polar surface area (TPSA) is 118 Å². The van der Waals surface area contributed by atoms with E-state index in [0.29, 0.717) is 39.4 Å². The highest BCUT2D eigenvalue weighted by Gasteiger charge is 2.26. The number of methoxy groups -OCH3 is 1. The summed E-state index contributed by atoms with van der Waals surface area (Å²) < 4.78 is 10.3. The number of benzene rings is 1. The number of carboxylic acid groups (broad SMARTS) is 1. The highest BCUT2D eigenvalue weighted by molar-refractivity contribution is 6.35. The Kier molecular flexibility index (Phi) is 5.72. The largest absolute Gasteiger partial charge is 0.497 e. The SMILES string of the molecule is CCOC(=O)c1[nH]c(/C=C2\C(=O)Nc3cc(OC)ccc32)c(CCC(=O)O)c1C. The van der Waals surface area contributed by atoms with E-state index in [-0.39, 0.29) is 31.0 Å². The van der Waals surface area contributed by atoms with Crippen LogP contribution in [0.15, 0.2) is 18.2 Å². The van der Waals surface area contributed by atoms with Crippen molar-refractivity contribution in [1.82, 2.24) is 4.98 Å². The number of amides is 1. The first-order valence-corrected chi connectivity index (χ1v) is 9.17. The second kappa shape index (κ2) is 8.22. The number of aromatic amines is 1. The third-order valence-corrected chi connectivity index (χ3v) is 4.78. The van der Waals surface area contributed by atoms with Crippen LogP contribution in [0.2, 0.25) is 0 Å². The van der Waals surface area contributed by atoms with E-state index in [1.54, 1.807) is 45.2 Å². The van der Waals surface area contributed by atoms with Crippen molar-refractivity contribution in [1.29, 1.82) is 0 Å². The van der Waals surface area contributed by atoms with Crippen molar-refractivity contribution in [3.05, 3.63) is 46.3 Å². The number of carboxylic acids is 1. The predicted molar refractivity (Wildman–Crippen MR) is 107 cm³/mol. The maximum atomic E-state index is 12.5. The lowest BCUT2D eigenvalue weighted by Gasteiger charge is -2.04. The van der Waals surface area contributed by atoms with Crippen LogP contribution in [-0.4, -0.2) is 41.7 Å². The van der Waals surface area contributed by atoms with Crippen LogP contribution in [0.4, 0.5) is 5.69 Å². The smallest absolute Gasteiger partial charge is 0.355 e. The van der Waals surface area contributed by atoms with Gasteiger partial charge in [-0.1, -0.05) is 0 Å². The van der Waals surface area contributed by atoms with Crippen molar-refractivity contribution in [2.45, 2.75) is 26.7 Å². The molecular formula is C21H22N2O6. The standard InChI is InChI=1S/C21H22N2O6/c1-4-29-21(27)19-11(2)13(7-8-18(24)25)17(22-19)10-15-14-6-5-12(28-3)9-16(14)23-20(15)26/h5-6,9-10,22H,4,7-8H2,1-3H3,(H,23,26)(H,24,25)/b15-10-. The van der Waals surface area contributed by atoms with Crippen LogP contribution in [0.1, 0.15) is 46.2 Å². The fraction of sp³-hybridized carbons (Fsp3) is 0.286. The van der Waals surface area contributed by atoms with Gasteiger partial charge in [0.15, 0.2) is 0 Å². The number of carbonyl (C=O) groups excluding carboxylic acids is 2. The molecule has 0 unspecified atom stereocenters. The minimum atomic E-state index is -0.946. The third kappa shape index (κ3) is 4.01. The summed E-state index contributed by atoms with van der Waals surface area (Å²) in [5, 5.41) is 11.9. The molecule has 0 aliphatic carbocycles. The van der Waals surface area contributed by atoms with Gasteiger partial charge < -0.3 is 24.9 Å². The number of aromatic nitrogens is 1. The molecule has 3 rings (SSSR count). The van der Waals surface area contributed by atoms with E-state index in [9.17, 15) is 14.4 Å². The summed E-state index contributed by atoms with van der Waals surface area (Å²) in [6.07, 6.45) is 1.75. The van der Waals surface area contributed by atoms with E-state index in [2.05, 4.69) is 10.3 Å². The van der Waals surface area contributed by atoms with Gasteiger partial charge in [-0.3, -0.25) is 9.59 Å². The molecule has 2 aromatic rings. The average Bonchev–Trinajstić information content (AvgIpc) is 3.16. The minimum Gasteiger partial charge on any atom is -0.497 e. The van der Waals surface area contributed by atoms with Gasteiger partial charge >= 0.3 is 11.9 Å². The van der Waals surface area contributed by atoms with Crippen LogP contribution in [0, 0.1) is 6.92 Å². The van der Waals surface area contributed by atoms with Crippen LogP contribution < -0.4 is 10.1 Å². The maximum Gasteiger partial charge on any atom is 0.355 e. The summed E-state index contributed by atoms with van der Waals surface area (Å²) in [7, 11) is 1.54. The van der Waals surface area contributed by atoms with E-state index >= 15 is 0 Å². The molecule has 0 saturated heterocycles. The number of aliphatic carboxylic acids is 1. The molecule has 1 aromatic heterocycles. The Hall–Kier alpha value is -3.55. The van der Waals surface area contributed by atoms with Crippen molar-refractivity contribution in [2.24, 2.45) is 0 Å². The van der Waals surface area contributed by atoms with Gasteiger partial charge in [-0.2, -0.15) is 0 Å². The summed E-state index contributed by atoms with van der Waals surface area (Å²) in [5.41, 5.74) is 3.79. The van der Waals surface area contributed by atoms with Crippen LogP contribution >= 0.6 is 0 Å². The Morgan fingerprint density at radius 1 is 1.28 bits per heavy atom. The number of H-pyrrole nitrogens is 1. The summed E-state index contributed by atoms with van der Waals surface area (Å²) >= 11 is 0. The molecule has 1 aliphatic heterocycles. The van der Waals surface area contributed by atoms with Crippen LogP contribution in [-0.2, 0) is 20.7 Å². The molecule has 8 nitrogen and oxygen atoms in total. The summed E-state index contributed by atoms with van der Waals surface area (Å²) in [5.74, 6) is -1.14. The maximum absolute atomic E-state index is 12.5. The molecular weight excluding hydrogens is 376 g/mol. The molecule has 1 aliphatic rings. The van der Waals surface area contributed by atoms with E-state index in [1.807, 2.05) is 0 Å². The van der Waals surface area contributed by atoms with E-state index < -0.39 is 11.9 Å². The number of rotatable bonds is 7. The molecule has 0 bridgehead atoms. The molecule has 8 heteroatoms. The van der Waals surface area contributed by atoms with Crippen LogP contribution in [0.5, 0.6) is 5.75 Å². The molecule has 0 radical (unpaired) electrons. The van der Waals surface area contributed by atoms with Gasteiger partial charge in [-0.25, -0.2) is 4.79 Å². The Bertz CT molecular complexity index is 1020. The lowest BCUT2D eigenvalue weighted by Crippen LogP contribution is -2.07. The van der Waals surface area contributed by atoms with Crippen LogP contribution in [0.3, 0.4) is 0 Å². The lowest BCUT2D eigenvalue weighted by molar-refractivity contribution is -0.137. The molecule has 0 fully saturated rings. The Morgan fingerprint density at radius 2 is 2.03 bits per heavy atom. The van der Waals surface area contributed by atoms with Gasteiger partial charge in [0.05, 0.1) is 25.0 Å². The Labute approximate surface area is 167 Å². The molecule has 0 saturated carbocycles. The van der Waals surface area contributed by atoms with Crippen molar-refractivity contribution in [2.75, 3.05) is 19.0 Å². The first-order valence-electron chi connectivity index (χ1n) is 9.17. The van der Waals surface area contributed by atoms with Gasteiger partial charge in [0.25, 0.3) is 5.91 Å². The highest BCUT2D eigenvalue weighted by Crippen LogP contribution is 2.36. The molecule has 0 atom stereocenters. The molecule has 2 heterocycles. The summed E-state index contributed by atoms with van der Waals surface area (Å²) in [4.78, 5) is 38.9. The molecule has 3 N–H and O–H groups in total. The number of carbonyl (C=O) groups is 3. The van der Waals surface area contributed by atoms with Gasteiger partial charge in [-0.05, 0) is 49.6 Å². The molecule has 152 valence electrons. The molecule has 1 aromatic carbocycles. The second-order valence-corrected chi connectivity index (χ2v) is 6.56. The normalized spacial score (nSPS) is 13.9. The average molecular weight is 398 g/mol. The number of nitrogens with one attached hydrogen (secondary N) is 2. The fourth-order valence-corrected chi connectivity index (χ4v) is 3.33. The molecule has 1 amide bonds. The van der Waals surface area contributed by atoms with Crippen LogP contribution in [0.25, 0.3) is 11.6 Å².